The van der Waals surface area contributed by atoms with E-state index in [2.05, 4.69) is 0 Å². The number of carbonyl (C=O) groups is 2. The van der Waals surface area contributed by atoms with Crippen LogP contribution in [0.2, 0.25) is 0 Å². The fourth-order valence-electron chi connectivity index (χ4n) is 4.37. The van der Waals surface area contributed by atoms with Gasteiger partial charge in [0.05, 0.1) is 11.5 Å². The van der Waals surface area contributed by atoms with E-state index in [9.17, 15) is 14.7 Å². The number of rotatable bonds is 0. The van der Waals surface area contributed by atoms with Gasteiger partial charge in [0.2, 0.25) is 0 Å². The minimum Gasteiger partial charge on any atom is -0.458 e. The van der Waals surface area contributed by atoms with Crippen molar-refractivity contribution in [3.63, 3.8) is 0 Å². The molecule has 1 fully saturated rings. The van der Waals surface area contributed by atoms with E-state index >= 15 is 0 Å². The van der Waals surface area contributed by atoms with Gasteiger partial charge in [-0.3, -0.25) is 4.79 Å². The predicted octanol–water partition coefficient (Wildman–Crippen LogP) is 0.894. The van der Waals surface area contributed by atoms with E-state index in [0.717, 1.165) is 11.1 Å². The van der Waals surface area contributed by atoms with Crippen molar-refractivity contribution in [3.8, 4) is 0 Å². The third-order valence-electron chi connectivity index (χ3n) is 5.47. The highest BCUT2D eigenvalue weighted by atomic mass is 16.6. The molecule has 2 aliphatic carbocycles. The maximum Gasteiger partial charge on any atom is 0.331 e. The molecule has 5 nitrogen and oxygen atoms in total. The van der Waals surface area contributed by atoms with Crippen LogP contribution >= 0.6 is 0 Å². The molecule has 0 amide bonds. The Balaban J connectivity index is 1.99. The average Bonchev–Trinajstić information content (AvgIpc) is 2.69. The van der Waals surface area contributed by atoms with E-state index < -0.39 is 29.0 Å². The standard InChI is InChI=1S/C16H16O5/c1-15-4-3-11(17)16(2)9-6-12(18)20-7-8(9)5-10(13(15)16)21-14(15)19/h3-6,10-11,13,17H,7H2,1-2H3/t10-,11-,13+,15+,16+/m0/s1. The van der Waals surface area contributed by atoms with Gasteiger partial charge in [-0.1, -0.05) is 19.1 Å². The molecule has 0 aromatic rings. The van der Waals surface area contributed by atoms with Gasteiger partial charge in [-0.2, -0.15) is 0 Å². The maximum absolute atomic E-state index is 12.3. The molecule has 2 heterocycles. The van der Waals surface area contributed by atoms with Crippen molar-refractivity contribution in [2.24, 2.45) is 16.7 Å². The monoisotopic (exact) mass is 288 g/mol. The van der Waals surface area contributed by atoms with Crippen LogP contribution in [0.25, 0.3) is 0 Å². The molecule has 0 radical (unpaired) electrons. The van der Waals surface area contributed by atoms with E-state index in [1.165, 1.54) is 6.08 Å². The lowest BCUT2D eigenvalue weighted by Gasteiger charge is -2.51. The highest BCUT2D eigenvalue weighted by molar-refractivity contribution is 5.88. The Hall–Kier alpha value is -1.88. The summed E-state index contributed by atoms with van der Waals surface area (Å²) in [6, 6.07) is 0. The summed E-state index contributed by atoms with van der Waals surface area (Å²) in [4.78, 5) is 23.9. The molecule has 0 aromatic heterocycles. The second-order valence-electron chi connectivity index (χ2n) is 6.57. The Labute approximate surface area is 121 Å². The summed E-state index contributed by atoms with van der Waals surface area (Å²) < 4.78 is 10.6. The summed E-state index contributed by atoms with van der Waals surface area (Å²) in [5.74, 6) is -0.913. The molecule has 0 saturated carbocycles. The molecule has 110 valence electrons. The molecular formula is C16H16O5. The first kappa shape index (κ1) is 12.8. The van der Waals surface area contributed by atoms with Gasteiger partial charge in [0.25, 0.3) is 0 Å². The van der Waals surface area contributed by atoms with Crippen LogP contribution in [0.3, 0.4) is 0 Å². The smallest absolute Gasteiger partial charge is 0.331 e. The van der Waals surface area contributed by atoms with Gasteiger partial charge in [0, 0.05) is 17.4 Å². The second kappa shape index (κ2) is 3.65. The van der Waals surface area contributed by atoms with E-state index in [1.807, 2.05) is 19.9 Å². The molecule has 5 heteroatoms. The molecule has 0 spiro atoms. The number of aliphatic hydroxyl groups excluding tert-OH is 1. The topological polar surface area (TPSA) is 72.8 Å². The summed E-state index contributed by atoms with van der Waals surface area (Å²) in [7, 11) is 0. The molecule has 5 atom stereocenters. The zero-order valence-corrected chi connectivity index (χ0v) is 11.8. The summed E-state index contributed by atoms with van der Waals surface area (Å²) in [5, 5.41) is 10.6. The summed E-state index contributed by atoms with van der Waals surface area (Å²) in [6.45, 7) is 3.89. The number of hydrogen-bond acceptors (Lipinski definition) is 5. The summed E-state index contributed by atoms with van der Waals surface area (Å²) in [6.07, 6.45) is 5.53. The van der Waals surface area contributed by atoms with Gasteiger partial charge in [-0.05, 0) is 24.1 Å². The van der Waals surface area contributed by atoms with Crippen LogP contribution in [0, 0.1) is 16.7 Å². The van der Waals surface area contributed by atoms with Gasteiger partial charge < -0.3 is 14.6 Å². The molecule has 4 rings (SSSR count). The summed E-state index contributed by atoms with van der Waals surface area (Å²) in [5.41, 5.74) is 0.0818. The van der Waals surface area contributed by atoms with Gasteiger partial charge in [-0.15, -0.1) is 0 Å². The first-order chi connectivity index (χ1) is 9.87. The number of carbonyl (C=O) groups excluding carboxylic acids is 2. The Bertz CT molecular complexity index is 658. The highest BCUT2D eigenvalue weighted by Crippen LogP contribution is 2.61. The third-order valence-corrected chi connectivity index (χ3v) is 5.47. The lowest BCUT2D eigenvalue weighted by molar-refractivity contribution is -0.145. The average molecular weight is 288 g/mol. The molecule has 4 aliphatic rings. The quantitative estimate of drug-likeness (QED) is 0.529. The van der Waals surface area contributed by atoms with Crippen LogP contribution in [0.5, 0.6) is 0 Å². The molecule has 0 aromatic carbocycles. The van der Waals surface area contributed by atoms with Crippen molar-refractivity contribution in [3.05, 3.63) is 35.5 Å². The first-order valence-corrected chi connectivity index (χ1v) is 7.06. The minimum atomic E-state index is -0.775. The van der Waals surface area contributed by atoms with Crippen molar-refractivity contribution in [2.75, 3.05) is 6.61 Å². The largest absolute Gasteiger partial charge is 0.458 e. The van der Waals surface area contributed by atoms with Gasteiger partial charge in [0.1, 0.15) is 12.7 Å². The van der Waals surface area contributed by atoms with E-state index in [1.54, 1.807) is 12.2 Å². The molecule has 0 unspecified atom stereocenters. The lowest BCUT2D eigenvalue weighted by atomic mass is 9.51. The molecule has 1 saturated heterocycles. The van der Waals surface area contributed by atoms with Crippen LogP contribution in [-0.4, -0.2) is 35.9 Å². The minimum absolute atomic E-state index is 0.161. The van der Waals surface area contributed by atoms with Crippen LogP contribution in [0.1, 0.15) is 13.8 Å². The van der Waals surface area contributed by atoms with E-state index in [4.69, 9.17) is 9.47 Å². The Kier molecular flexibility index (Phi) is 2.23. The first-order valence-electron chi connectivity index (χ1n) is 7.06. The van der Waals surface area contributed by atoms with E-state index in [0.29, 0.717) is 0 Å². The van der Waals surface area contributed by atoms with Crippen LogP contribution < -0.4 is 0 Å². The maximum atomic E-state index is 12.3. The number of aliphatic hydroxyl groups is 1. The Morgan fingerprint density at radius 1 is 1.33 bits per heavy atom. The SMILES string of the molecule is C[C@@]12C3=CC(=O)OCC3=C[C@@H]3OC(=O)[C@](C)(C=C[C@@H]1O)[C@@H]32. The predicted molar refractivity (Wildman–Crippen MR) is 71.9 cm³/mol. The van der Waals surface area contributed by atoms with Crippen molar-refractivity contribution in [1.29, 1.82) is 0 Å². The Morgan fingerprint density at radius 3 is 2.86 bits per heavy atom. The number of hydrogen-bond donors (Lipinski definition) is 1. The number of fused-ring (bicyclic) bond motifs is 2. The molecular weight excluding hydrogens is 272 g/mol. The van der Waals surface area contributed by atoms with Crippen molar-refractivity contribution in [2.45, 2.75) is 26.1 Å². The van der Waals surface area contributed by atoms with Crippen LogP contribution in [0.15, 0.2) is 35.5 Å². The molecule has 21 heavy (non-hydrogen) atoms. The fourth-order valence-corrected chi connectivity index (χ4v) is 4.37. The van der Waals surface area contributed by atoms with Crippen molar-refractivity contribution in [1.82, 2.24) is 0 Å². The second-order valence-corrected chi connectivity index (χ2v) is 6.57. The van der Waals surface area contributed by atoms with Crippen LogP contribution in [0.4, 0.5) is 0 Å². The fraction of sp³-hybridized carbons (Fsp3) is 0.500. The zero-order valence-electron chi connectivity index (χ0n) is 11.8. The Morgan fingerprint density at radius 2 is 2.10 bits per heavy atom. The number of esters is 2. The highest BCUT2D eigenvalue weighted by Gasteiger charge is 2.66. The van der Waals surface area contributed by atoms with Crippen molar-refractivity contribution >= 4 is 11.9 Å². The van der Waals surface area contributed by atoms with Gasteiger partial charge in [-0.25, -0.2) is 4.79 Å². The van der Waals surface area contributed by atoms with Crippen molar-refractivity contribution < 1.29 is 24.2 Å². The lowest BCUT2D eigenvalue weighted by Crippen LogP contribution is -2.54. The van der Waals surface area contributed by atoms with Crippen LogP contribution in [-0.2, 0) is 19.1 Å². The zero-order chi connectivity index (χ0) is 15.0. The molecule has 1 N–H and O–H groups in total. The third kappa shape index (κ3) is 1.35. The number of cyclic esters (lactones) is 1. The van der Waals surface area contributed by atoms with Gasteiger partial charge >= 0.3 is 11.9 Å². The number of ether oxygens (including phenoxy) is 2. The molecule has 2 aliphatic heterocycles. The summed E-state index contributed by atoms with van der Waals surface area (Å²) >= 11 is 0. The molecule has 0 bridgehead atoms. The normalized spacial score (nSPS) is 46.9. The van der Waals surface area contributed by atoms with E-state index in [-0.39, 0.29) is 18.5 Å². The van der Waals surface area contributed by atoms with Gasteiger partial charge in [0.15, 0.2) is 0 Å².